The SMILES string of the molecule is NC(=O)c1c(OC(F)F)n(CC(=O)O)c2ccccc12. The van der Waals surface area contributed by atoms with Gasteiger partial charge in [0.1, 0.15) is 12.1 Å². The lowest BCUT2D eigenvalue weighted by Gasteiger charge is -2.09. The second kappa shape index (κ2) is 5.16. The van der Waals surface area contributed by atoms with Crippen LogP contribution in [0.1, 0.15) is 10.4 Å². The molecule has 1 aromatic carbocycles. The fourth-order valence-corrected chi connectivity index (χ4v) is 2.02. The second-order valence-electron chi connectivity index (χ2n) is 3.92. The van der Waals surface area contributed by atoms with Gasteiger partial charge >= 0.3 is 12.6 Å². The number of primary amides is 1. The molecule has 106 valence electrons. The number of fused-ring (bicyclic) bond motifs is 1. The molecule has 20 heavy (non-hydrogen) atoms. The van der Waals surface area contributed by atoms with Crippen molar-refractivity contribution in [3.05, 3.63) is 29.8 Å². The number of nitrogens with two attached hydrogens (primary N) is 1. The van der Waals surface area contributed by atoms with Gasteiger partial charge in [-0.1, -0.05) is 18.2 Å². The molecule has 0 spiro atoms. The molecule has 0 fully saturated rings. The highest BCUT2D eigenvalue weighted by molar-refractivity contribution is 6.09. The zero-order valence-corrected chi connectivity index (χ0v) is 10.0. The van der Waals surface area contributed by atoms with Gasteiger partial charge in [0.2, 0.25) is 5.88 Å². The highest BCUT2D eigenvalue weighted by atomic mass is 19.3. The summed E-state index contributed by atoms with van der Waals surface area (Å²) in [6.45, 7) is -3.83. The predicted octanol–water partition coefficient (Wildman–Crippen LogP) is 1.43. The number of carbonyl (C=O) groups is 2. The Kier molecular flexibility index (Phi) is 3.55. The number of hydrogen-bond donors (Lipinski definition) is 2. The van der Waals surface area contributed by atoms with E-state index >= 15 is 0 Å². The van der Waals surface area contributed by atoms with Gasteiger partial charge in [-0.3, -0.25) is 9.59 Å². The van der Waals surface area contributed by atoms with E-state index in [9.17, 15) is 18.4 Å². The number of nitrogens with zero attached hydrogens (tertiary/aromatic N) is 1. The van der Waals surface area contributed by atoms with Crippen LogP contribution in [-0.4, -0.2) is 28.2 Å². The first-order chi connectivity index (χ1) is 9.41. The molecule has 0 saturated carbocycles. The van der Waals surface area contributed by atoms with Crippen LogP contribution in [0, 0.1) is 0 Å². The lowest BCUT2D eigenvalue weighted by atomic mass is 10.1. The molecule has 0 aliphatic carbocycles. The van der Waals surface area contributed by atoms with E-state index in [-0.39, 0.29) is 16.5 Å². The van der Waals surface area contributed by atoms with Gasteiger partial charge in [-0.2, -0.15) is 8.78 Å². The Morgan fingerprint density at radius 3 is 2.55 bits per heavy atom. The van der Waals surface area contributed by atoms with Crippen molar-refractivity contribution in [3.63, 3.8) is 0 Å². The number of carboxylic acids is 1. The molecule has 0 radical (unpaired) electrons. The van der Waals surface area contributed by atoms with Crippen LogP contribution >= 0.6 is 0 Å². The third-order valence-electron chi connectivity index (χ3n) is 2.66. The summed E-state index contributed by atoms with van der Waals surface area (Å²) in [5.41, 5.74) is 5.19. The number of ether oxygens (including phenoxy) is 1. The average molecular weight is 284 g/mol. The van der Waals surface area contributed by atoms with Gasteiger partial charge in [0.15, 0.2) is 0 Å². The first kappa shape index (κ1) is 13.8. The molecule has 0 aliphatic heterocycles. The van der Waals surface area contributed by atoms with Gasteiger partial charge in [-0.05, 0) is 6.07 Å². The lowest BCUT2D eigenvalue weighted by molar-refractivity contribution is -0.138. The summed E-state index contributed by atoms with van der Waals surface area (Å²) in [4.78, 5) is 22.3. The molecule has 2 aromatic rings. The van der Waals surface area contributed by atoms with Gasteiger partial charge < -0.3 is 20.1 Å². The minimum Gasteiger partial charge on any atom is -0.480 e. The quantitative estimate of drug-likeness (QED) is 0.868. The zero-order chi connectivity index (χ0) is 14.9. The molecule has 3 N–H and O–H groups in total. The van der Waals surface area contributed by atoms with E-state index in [1.54, 1.807) is 12.1 Å². The number of aliphatic carboxylic acids is 1. The van der Waals surface area contributed by atoms with Crippen LogP contribution in [0.4, 0.5) is 8.78 Å². The summed E-state index contributed by atoms with van der Waals surface area (Å²) in [5.74, 6) is -2.78. The van der Waals surface area contributed by atoms with E-state index in [1.165, 1.54) is 12.1 Å². The summed E-state index contributed by atoms with van der Waals surface area (Å²) in [5, 5.41) is 9.11. The van der Waals surface area contributed by atoms with E-state index in [2.05, 4.69) is 4.74 Å². The van der Waals surface area contributed by atoms with Crippen molar-refractivity contribution < 1.29 is 28.2 Å². The van der Waals surface area contributed by atoms with Crippen molar-refractivity contribution >= 4 is 22.8 Å². The molecular formula is C12H10F2N2O4. The van der Waals surface area contributed by atoms with E-state index in [0.29, 0.717) is 0 Å². The topological polar surface area (TPSA) is 94.6 Å². The molecule has 8 heteroatoms. The lowest BCUT2D eigenvalue weighted by Crippen LogP contribution is -2.17. The van der Waals surface area contributed by atoms with Crippen LogP contribution < -0.4 is 10.5 Å². The maximum absolute atomic E-state index is 12.5. The van der Waals surface area contributed by atoms with Crippen molar-refractivity contribution in [3.8, 4) is 5.88 Å². The first-order valence-electron chi connectivity index (χ1n) is 5.49. The first-order valence-corrected chi connectivity index (χ1v) is 5.49. The molecule has 2 rings (SSSR count). The van der Waals surface area contributed by atoms with Gasteiger partial charge in [-0.25, -0.2) is 0 Å². The van der Waals surface area contributed by atoms with Gasteiger partial charge in [0, 0.05) is 5.39 Å². The third-order valence-corrected chi connectivity index (χ3v) is 2.66. The fraction of sp³-hybridized carbons (Fsp3) is 0.167. The number of hydrogen-bond acceptors (Lipinski definition) is 3. The molecule has 0 atom stereocenters. The molecule has 0 unspecified atom stereocenters. The number of para-hydroxylation sites is 1. The molecule has 6 nitrogen and oxygen atoms in total. The van der Waals surface area contributed by atoms with Crippen LogP contribution in [0.5, 0.6) is 5.88 Å². The average Bonchev–Trinajstić information content (AvgIpc) is 2.62. The Balaban J connectivity index is 2.77. The van der Waals surface area contributed by atoms with Crippen LogP contribution in [0.2, 0.25) is 0 Å². The van der Waals surface area contributed by atoms with Gasteiger partial charge in [-0.15, -0.1) is 0 Å². The highest BCUT2D eigenvalue weighted by Gasteiger charge is 2.25. The largest absolute Gasteiger partial charge is 0.480 e. The maximum atomic E-state index is 12.5. The number of carbonyl (C=O) groups excluding carboxylic acids is 1. The third kappa shape index (κ3) is 2.40. The Bertz CT molecular complexity index is 681. The van der Waals surface area contributed by atoms with E-state index in [4.69, 9.17) is 10.8 Å². The summed E-state index contributed by atoms with van der Waals surface area (Å²) >= 11 is 0. The Labute approximate surface area is 111 Å². The summed E-state index contributed by atoms with van der Waals surface area (Å²) in [6.07, 6.45) is 0. The van der Waals surface area contributed by atoms with Crippen molar-refractivity contribution in [1.82, 2.24) is 4.57 Å². The van der Waals surface area contributed by atoms with Crippen molar-refractivity contribution in [1.29, 1.82) is 0 Å². The maximum Gasteiger partial charge on any atom is 0.388 e. The molecular weight excluding hydrogens is 274 g/mol. The number of carboxylic acid groups (broad SMARTS) is 1. The molecule has 0 saturated heterocycles. The minimum absolute atomic E-state index is 0.261. The fourth-order valence-electron chi connectivity index (χ4n) is 2.02. The Hall–Kier alpha value is -2.64. The summed E-state index contributed by atoms with van der Waals surface area (Å²) < 4.78 is 30.2. The number of halogens is 2. The van der Waals surface area contributed by atoms with Crippen molar-refractivity contribution in [2.24, 2.45) is 5.73 Å². The van der Waals surface area contributed by atoms with E-state index in [0.717, 1.165) is 4.57 Å². The Morgan fingerprint density at radius 1 is 1.35 bits per heavy atom. The predicted molar refractivity (Wildman–Crippen MR) is 64.7 cm³/mol. The normalized spacial score (nSPS) is 10.9. The monoisotopic (exact) mass is 284 g/mol. The molecule has 0 aliphatic rings. The zero-order valence-electron chi connectivity index (χ0n) is 10.0. The van der Waals surface area contributed by atoms with Crippen LogP contribution in [0.25, 0.3) is 10.9 Å². The van der Waals surface area contributed by atoms with E-state index < -0.39 is 30.9 Å². The number of benzene rings is 1. The molecule has 1 aromatic heterocycles. The number of alkyl halides is 2. The summed E-state index contributed by atoms with van der Waals surface area (Å²) in [7, 11) is 0. The molecule has 0 bridgehead atoms. The summed E-state index contributed by atoms with van der Waals surface area (Å²) in [6, 6.07) is 6.12. The van der Waals surface area contributed by atoms with Crippen LogP contribution in [-0.2, 0) is 11.3 Å². The van der Waals surface area contributed by atoms with Gasteiger partial charge in [0.25, 0.3) is 5.91 Å². The van der Waals surface area contributed by atoms with Crippen LogP contribution in [0.3, 0.4) is 0 Å². The van der Waals surface area contributed by atoms with Crippen LogP contribution in [0.15, 0.2) is 24.3 Å². The number of aromatic nitrogens is 1. The van der Waals surface area contributed by atoms with Crippen molar-refractivity contribution in [2.45, 2.75) is 13.2 Å². The standard InChI is InChI=1S/C12H10F2N2O4/c13-12(14)20-11-9(10(15)19)6-3-1-2-4-7(6)16(11)5-8(17)18/h1-4,12H,5H2,(H2,15,19)(H,17,18). The van der Waals surface area contributed by atoms with E-state index in [1.807, 2.05) is 0 Å². The molecule has 1 heterocycles. The number of rotatable bonds is 5. The highest BCUT2D eigenvalue weighted by Crippen LogP contribution is 2.32. The minimum atomic E-state index is -3.20. The van der Waals surface area contributed by atoms with Crippen molar-refractivity contribution in [2.75, 3.05) is 0 Å². The number of amides is 1. The smallest absolute Gasteiger partial charge is 0.388 e. The second-order valence-corrected chi connectivity index (χ2v) is 3.92. The Morgan fingerprint density at radius 2 is 2.00 bits per heavy atom. The van der Waals surface area contributed by atoms with Gasteiger partial charge in [0.05, 0.1) is 5.52 Å². The molecule has 1 amide bonds.